The van der Waals surface area contributed by atoms with E-state index in [0.717, 1.165) is 36.0 Å². The molecular formula is C14H17N5O. The molecule has 6 nitrogen and oxygen atoms in total. The van der Waals surface area contributed by atoms with Gasteiger partial charge in [-0.15, -0.1) is 0 Å². The molecule has 0 radical (unpaired) electrons. The first-order valence-corrected chi connectivity index (χ1v) is 6.65. The zero-order valence-electron chi connectivity index (χ0n) is 11.1. The molecule has 0 aliphatic heterocycles. The van der Waals surface area contributed by atoms with Crippen molar-refractivity contribution in [1.29, 1.82) is 0 Å². The summed E-state index contributed by atoms with van der Waals surface area (Å²) in [6, 6.07) is 0.394. The highest BCUT2D eigenvalue weighted by molar-refractivity contribution is 5.92. The Kier molecular flexibility index (Phi) is 3.30. The molecule has 6 heteroatoms. The lowest BCUT2D eigenvalue weighted by atomic mass is 9.80. The Balaban J connectivity index is 2.07. The molecule has 20 heavy (non-hydrogen) atoms. The number of aliphatic hydroxyl groups excluding tert-OH is 1. The Morgan fingerprint density at radius 3 is 2.90 bits per heavy atom. The van der Waals surface area contributed by atoms with E-state index < -0.39 is 0 Å². The summed E-state index contributed by atoms with van der Waals surface area (Å²) in [5, 5.41) is 9.62. The molecule has 1 saturated carbocycles. The number of hydrogen-bond acceptors (Lipinski definition) is 5. The van der Waals surface area contributed by atoms with Crippen molar-refractivity contribution in [2.45, 2.75) is 18.9 Å². The fraction of sp³-hybridized carbons (Fsp3) is 0.429. The minimum atomic E-state index is -0.182. The van der Waals surface area contributed by atoms with Gasteiger partial charge in [0.05, 0.1) is 10.9 Å². The lowest BCUT2D eigenvalue weighted by molar-refractivity contribution is 0.208. The van der Waals surface area contributed by atoms with E-state index in [-0.39, 0.29) is 6.61 Å². The maximum atomic E-state index is 8.85. The Bertz CT molecular complexity index is 691. The molecule has 0 aromatic carbocycles. The van der Waals surface area contributed by atoms with Gasteiger partial charge in [-0.05, 0) is 25.3 Å². The molecule has 1 aliphatic rings. The third-order valence-corrected chi connectivity index (χ3v) is 3.88. The number of nitrogens with two attached hydrogens (primary N) is 2. The number of hydrogen-bond donors (Lipinski definition) is 3. The summed E-state index contributed by atoms with van der Waals surface area (Å²) in [6.45, 7) is 0.545. The summed E-state index contributed by atoms with van der Waals surface area (Å²) in [7, 11) is 0. The highest BCUT2D eigenvalue weighted by Gasteiger charge is 2.31. The molecule has 0 amide bonds. The van der Waals surface area contributed by atoms with Crippen LogP contribution in [0.4, 0.5) is 5.82 Å². The number of nitrogens with zero attached hydrogens (tertiary/aromatic N) is 3. The highest BCUT2D eigenvalue weighted by atomic mass is 16.2. The van der Waals surface area contributed by atoms with Crippen LogP contribution in [0.25, 0.3) is 11.0 Å². The number of aliphatic hydroxyl groups is 1. The molecule has 0 unspecified atom stereocenters. The van der Waals surface area contributed by atoms with Gasteiger partial charge in [0.1, 0.15) is 24.4 Å². The molecule has 0 saturated heterocycles. The van der Waals surface area contributed by atoms with Crippen molar-refractivity contribution in [2.24, 2.45) is 11.7 Å². The lowest BCUT2D eigenvalue weighted by Gasteiger charge is -2.35. The van der Waals surface area contributed by atoms with Crippen molar-refractivity contribution in [3.05, 3.63) is 18.1 Å². The van der Waals surface area contributed by atoms with Crippen LogP contribution in [0, 0.1) is 17.8 Å². The Morgan fingerprint density at radius 1 is 1.40 bits per heavy atom. The maximum absolute atomic E-state index is 8.85. The largest absolute Gasteiger partial charge is 0.384 e. The van der Waals surface area contributed by atoms with E-state index in [0.29, 0.717) is 17.8 Å². The Morgan fingerprint density at radius 2 is 2.20 bits per heavy atom. The predicted octanol–water partition coefficient (Wildman–Crippen LogP) is 0.267. The van der Waals surface area contributed by atoms with E-state index in [2.05, 4.69) is 26.4 Å². The molecule has 3 rings (SSSR count). The zero-order valence-corrected chi connectivity index (χ0v) is 11.1. The number of nitrogen functional groups attached to an aromatic ring is 1. The van der Waals surface area contributed by atoms with Crippen LogP contribution in [0.15, 0.2) is 12.5 Å². The molecular weight excluding hydrogens is 254 g/mol. The van der Waals surface area contributed by atoms with Gasteiger partial charge in [0.15, 0.2) is 0 Å². The second kappa shape index (κ2) is 5.12. The number of fused-ring (bicyclic) bond motifs is 1. The van der Waals surface area contributed by atoms with E-state index in [4.69, 9.17) is 16.6 Å². The van der Waals surface area contributed by atoms with Crippen molar-refractivity contribution >= 4 is 16.9 Å². The van der Waals surface area contributed by atoms with Crippen molar-refractivity contribution in [1.82, 2.24) is 14.5 Å². The zero-order chi connectivity index (χ0) is 14.1. The number of anilines is 1. The second-order valence-electron chi connectivity index (χ2n) is 5.09. The minimum Gasteiger partial charge on any atom is -0.384 e. The number of aromatic nitrogens is 3. The van der Waals surface area contributed by atoms with Crippen LogP contribution in [0.3, 0.4) is 0 Å². The van der Waals surface area contributed by atoms with Crippen LogP contribution in [-0.4, -0.2) is 32.8 Å². The summed E-state index contributed by atoms with van der Waals surface area (Å²) in [4.78, 5) is 8.36. The second-order valence-corrected chi connectivity index (χ2v) is 5.09. The van der Waals surface area contributed by atoms with Gasteiger partial charge in [0, 0.05) is 12.2 Å². The normalized spacial score (nSPS) is 21.3. The fourth-order valence-electron chi connectivity index (χ4n) is 2.74. The first-order chi connectivity index (χ1) is 9.74. The van der Waals surface area contributed by atoms with Crippen LogP contribution < -0.4 is 11.5 Å². The first-order valence-electron chi connectivity index (χ1n) is 6.65. The molecule has 0 spiro atoms. The van der Waals surface area contributed by atoms with E-state index >= 15 is 0 Å². The fourth-order valence-corrected chi connectivity index (χ4v) is 2.74. The molecule has 1 fully saturated rings. The van der Waals surface area contributed by atoms with Crippen molar-refractivity contribution in [3.63, 3.8) is 0 Å². The Hall–Kier alpha value is -2.10. The van der Waals surface area contributed by atoms with Crippen molar-refractivity contribution in [3.8, 4) is 11.8 Å². The SMILES string of the molecule is NCC1CC(n2cc(C#CCO)c3c(N)ncnc32)C1. The van der Waals surface area contributed by atoms with Gasteiger partial charge in [0.2, 0.25) is 0 Å². The monoisotopic (exact) mass is 271 g/mol. The molecule has 2 aromatic heterocycles. The van der Waals surface area contributed by atoms with Gasteiger partial charge < -0.3 is 21.1 Å². The van der Waals surface area contributed by atoms with E-state index in [1.54, 1.807) is 0 Å². The third-order valence-electron chi connectivity index (χ3n) is 3.88. The summed E-state index contributed by atoms with van der Waals surface area (Å²) in [5.41, 5.74) is 13.2. The van der Waals surface area contributed by atoms with Crippen LogP contribution in [0.2, 0.25) is 0 Å². The quantitative estimate of drug-likeness (QED) is 0.680. The molecule has 1 aliphatic carbocycles. The predicted molar refractivity (Wildman–Crippen MR) is 76.7 cm³/mol. The molecule has 2 heterocycles. The summed E-state index contributed by atoms with van der Waals surface area (Å²) < 4.78 is 2.11. The number of rotatable bonds is 2. The minimum absolute atomic E-state index is 0.182. The van der Waals surface area contributed by atoms with E-state index in [9.17, 15) is 0 Å². The Labute approximate surface area is 116 Å². The summed E-state index contributed by atoms with van der Waals surface area (Å²) >= 11 is 0. The molecule has 0 atom stereocenters. The summed E-state index contributed by atoms with van der Waals surface area (Å²) in [6.07, 6.45) is 5.53. The highest BCUT2D eigenvalue weighted by Crippen LogP contribution is 2.40. The van der Waals surface area contributed by atoms with Gasteiger partial charge in [0.25, 0.3) is 0 Å². The van der Waals surface area contributed by atoms with E-state index in [1.807, 2.05) is 6.20 Å². The third kappa shape index (κ3) is 2.01. The van der Waals surface area contributed by atoms with E-state index in [1.165, 1.54) is 6.33 Å². The molecule has 104 valence electrons. The maximum Gasteiger partial charge on any atom is 0.147 e. The van der Waals surface area contributed by atoms with Gasteiger partial charge in [-0.1, -0.05) is 11.8 Å². The van der Waals surface area contributed by atoms with Crippen LogP contribution in [-0.2, 0) is 0 Å². The molecule has 0 bridgehead atoms. The summed E-state index contributed by atoms with van der Waals surface area (Å²) in [5.74, 6) is 6.58. The van der Waals surface area contributed by atoms with Crippen LogP contribution in [0.5, 0.6) is 0 Å². The average molecular weight is 271 g/mol. The smallest absolute Gasteiger partial charge is 0.147 e. The van der Waals surface area contributed by atoms with Crippen LogP contribution >= 0.6 is 0 Å². The van der Waals surface area contributed by atoms with Gasteiger partial charge in [-0.3, -0.25) is 0 Å². The first kappa shape index (κ1) is 12.9. The lowest BCUT2D eigenvalue weighted by Crippen LogP contribution is -2.31. The van der Waals surface area contributed by atoms with Gasteiger partial charge in [-0.2, -0.15) is 0 Å². The molecule has 2 aromatic rings. The van der Waals surface area contributed by atoms with Crippen LogP contribution in [0.1, 0.15) is 24.4 Å². The average Bonchev–Trinajstić information content (AvgIpc) is 2.76. The molecule has 5 N–H and O–H groups in total. The van der Waals surface area contributed by atoms with Crippen molar-refractivity contribution < 1.29 is 5.11 Å². The van der Waals surface area contributed by atoms with Gasteiger partial charge in [-0.25, -0.2) is 9.97 Å². The standard InChI is InChI=1S/C14H17N5O/c15-6-9-4-11(5-9)19-7-10(2-1-3-20)12-13(16)17-8-18-14(12)19/h7-9,11,20H,3-6,15H2,(H2,16,17,18). The van der Waals surface area contributed by atoms with Crippen molar-refractivity contribution in [2.75, 3.05) is 18.9 Å². The van der Waals surface area contributed by atoms with Gasteiger partial charge >= 0.3 is 0 Å². The topological polar surface area (TPSA) is 103 Å².